The zero-order valence-corrected chi connectivity index (χ0v) is 12.8. The lowest BCUT2D eigenvalue weighted by Crippen LogP contribution is -2.35. The van der Waals surface area contributed by atoms with Gasteiger partial charge in [-0.15, -0.1) is 0 Å². The van der Waals surface area contributed by atoms with E-state index >= 15 is 0 Å². The molecule has 1 aromatic carbocycles. The molecule has 4 heteroatoms. The molecule has 116 valence electrons. The van der Waals surface area contributed by atoms with Gasteiger partial charge >= 0.3 is 0 Å². The predicted octanol–water partition coefficient (Wildman–Crippen LogP) is 2.47. The second-order valence-electron chi connectivity index (χ2n) is 6.04. The molecule has 1 aliphatic rings. The van der Waals surface area contributed by atoms with Crippen molar-refractivity contribution in [3.05, 3.63) is 29.8 Å². The fourth-order valence-corrected chi connectivity index (χ4v) is 2.78. The predicted molar refractivity (Wildman–Crippen MR) is 82.4 cm³/mol. The molecule has 1 amide bonds. The molecule has 0 heterocycles. The molecule has 2 unspecified atom stereocenters. The van der Waals surface area contributed by atoms with Crippen molar-refractivity contribution in [3.8, 4) is 5.75 Å². The van der Waals surface area contributed by atoms with Gasteiger partial charge < -0.3 is 15.2 Å². The van der Waals surface area contributed by atoms with Crippen LogP contribution in [0.2, 0.25) is 0 Å². The standard InChI is InChI=1S/C17H25NO3/c1-12(2)14-7-3-4-9-16(14)21-11-17(20)18-10-13-6-5-8-15(13)19/h3-4,7,9,12-13,15,19H,5-6,8,10-11H2,1-2H3,(H,18,20). The zero-order chi connectivity index (χ0) is 15.2. The SMILES string of the molecule is CC(C)c1ccccc1OCC(=O)NCC1CCCC1O. The summed E-state index contributed by atoms with van der Waals surface area (Å²) in [6, 6.07) is 7.80. The topological polar surface area (TPSA) is 58.6 Å². The van der Waals surface area contributed by atoms with Crippen molar-refractivity contribution >= 4 is 5.91 Å². The Morgan fingerprint density at radius 2 is 2.14 bits per heavy atom. The molecule has 4 nitrogen and oxygen atoms in total. The normalized spacial score (nSPS) is 21.5. The van der Waals surface area contributed by atoms with E-state index in [9.17, 15) is 9.90 Å². The molecule has 0 spiro atoms. The average Bonchev–Trinajstić information content (AvgIpc) is 2.88. The number of carbonyl (C=O) groups is 1. The Balaban J connectivity index is 1.79. The van der Waals surface area contributed by atoms with Gasteiger partial charge in [0.1, 0.15) is 5.75 Å². The van der Waals surface area contributed by atoms with Crippen LogP contribution in [0.1, 0.15) is 44.6 Å². The van der Waals surface area contributed by atoms with Crippen molar-refractivity contribution in [2.45, 2.75) is 45.1 Å². The number of rotatable bonds is 6. The fourth-order valence-electron chi connectivity index (χ4n) is 2.78. The molecule has 21 heavy (non-hydrogen) atoms. The molecule has 0 radical (unpaired) electrons. The van der Waals surface area contributed by atoms with Gasteiger partial charge in [-0.1, -0.05) is 38.5 Å². The summed E-state index contributed by atoms with van der Waals surface area (Å²) in [6.45, 7) is 4.76. The molecule has 0 aromatic heterocycles. The summed E-state index contributed by atoms with van der Waals surface area (Å²) < 4.78 is 5.63. The maximum Gasteiger partial charge on any atom is 0.257 e. The van der Waals surface area contributed by atoms with Gasteiger partial charge in [0.15, 0.2) is 6.61 Å². The van der Waals surface area contributed by atoms with E-state index in [4.69, 9.17) is 4.74 Å². The summed E-state index contributed by atoms with van der Waals surface area (Å²) in [7, 11) is 0. The minimum absolute atomic E-state index is 0.0204. The van der Waals surface area contributed by atoms with Crippen molar-refractivity contribution < 1.29 is 14.6 Å². The summed E-state index contributed by atoms with van der Waals surface area (Å²) in [5.41, 5.74) is 1.11. The quantitative estimate of drug-likeness (QED) is 0.846. The molecule has 2 N–H and O–H groups in total. The van der Waals surface area contributed by atoms with Crippen LogP contribution in [-0.4, -0.2) is 30.3 Å². The van der Waals surface area contributed by atoms with Crippen molar-refractivity contribution in [2.24, 2.45) is 5.92 Å². The van der Waals surface area contributed by atoms with Crippen LogP contribution in [0.15, 0.2) is 24.3 Å². The summed E-state index contributed by atoms with van der Waals surface area (Å²) in [5.74, 6) is 1.19. The lowest BCUT2D eigenvalue weighted by molar-refractivity contribution is -0.123. The van der Waals surface area contributed by atoms with Gasteiger partial charge in [0, 0.05) is 12.5 Å². The summed E-state index contributed by atoms with van der Waals surface area (Å²) in [5, 5.41) is 12.6. The first-order chi connectivity index (χ1) is 10.1. The van der Waals surface area contributed by atoms with Crippen LogP contribution < -0.4 is 10.1 Å². The maximum atomic E-state index is 11.8. The third-order valence-electron chi connectivity index (χ3n) is 4.08. The second kappa shape index (κ2) is 7.46. The number of hydrogen-bond donors (Lipinski definition) is 2. The molecule has 1 fully saturated rings. The summed E-state index contributed by atoms with van der Waals surface area (Å²) >= 11 is 0. The lowest BCUT2D eigenvalue weighted by atomic mass is 10.0. The van der Waals surface area contributed by atoms with Gasteiger partial charge in [-0.3, -0.25) is 4.79 Å². The smallest absolute Gasteiger partial charge is 0.257 e. The molecular formula is C17H25NO3. The Labute approximate surface area is 126 Å². The van der Waals surface area contributed by atoms with Crippen LogP contribution in [0.3, 0.4) is 0 Å². The monoisotopic (exact) mass is 291 g/mol. The number of aliphatic hydroxyl groups is 1. The highest BCUT2D eigenvalue weighted by atomic mass is 16.5. The van der Waals surface area contributed by atoms with Crippen LogP contribution >= 0.6 is 0 Å². The number of hydrogen-bond acceptors (Lipinski definition) is 3. The van der Waals surface area contributed by atoms with Crippen molar-refractivity contribution in [3.63, 3.8) is 0 Å². The van der Waals surface area contributed by atoms with Crippen LogP contribution in [0.5, 0.6) is 5.75 Å². The van der Waals surface area contributed by atoms with Gasteiger partial charge in [-0.25, -0.2) is 0 Å². The van der Waals surface area contributed by atoms with Gasteiger partial charge in [0.05, 0.1) is 6.10 Å². The van der Waals surface area contributed by atoms with Gasteiger partial charge in [0.25, 0.3) is 5.91 Å². The highest BCUT2D eigenvalue weighted by Crippen LogP contribution is 2.26. The van der Waals surface area contributed by atoms with E-state index in [2.05, 4.69) is 19.2 Å². The van der Waals surface area contributed by atoms with Gasteiger partial charge in [-0.2, -0.15) is 0 Å². The first kappa shape index (κ1) is 15.8. The minimum Gasteiger partial charge on any atom is -0.483 e. The Morgan fingerprint density at radius 1 is 1.38 bits per heavy atom. The van der Waals surface area contributed by atoms with Crippen LogP contribution in [0.4, 0.5) is 0 Å². The minimum atomic E-state index is -0.270. The van der Waals surface area contributed by atoms with Crippen molar-refractivity contribution in [1.29, 1.82) is 0 Å². The fraction of sp³-hybridized carbons (Fsp3) is 0.588. The molecule has 1 aliphatic carbocycles. The molecular weight excluding hydrogens is 266 g/mol. The number of ether oxygens (including phenoxy) is 1. The van der Waals surface area contributed by atoms with Crippen LogP contribution in [0, 0.1) is 5.92 Å². The van der Waals surface area contributed by atoms with E-state index in [0.717, 1.165) is 30.6 Å². The first-order valence-electron chi connectivity index (χ1n) is 7.74. The first-order valence-corrected chi connectivity index (χ1v) is 7.74. The Hall–Kier alpha value is -1.55. The summed E-state index contributed by atoms with van der Waals surface area (Å²) in [6.07, 6.45) is 2.60. The highest BCUT2D eigenvalue weighted by Gasteiger charge is 2.25. The summed E-state index contributed by atoms with van der Waals surface area (Å²) in [4.78, 5) is 11.8. The largest absolute Gasteiger partial charge is 0.483 e. The van der Waals surface area contributed by atoms with Gasteiger partial charge in [-0.05, 0) is 30.4 Å². The molecule has 2 rings (SSSR count). The van der Waals surface area contributed by atoms with E-state index < -0.39 is 0 Å². The van der Waals surface area contributed by atoms with E-state index in [0.29, 0.717) is 12.5 Å². The number of para-hydroxylation sites is 1. The average molecular weight is 291 g/mol. The Kier molecular flexibility index (Phi) is 5.62. The molecule has 0 saturated heterocycles. The van der Waals surface area contributed by atoms with E-state index in [1.807, 2.05) is 24.3 Å². The van der Waals surface area contributed by atoms with Crippen LogP contribution in [-0.2, 0) is 4.79 Å². The second-order valence-corrected chi connectivity index (χ2v) is 6.04. The van der Waals surface area contributed by atoms with Crippen LogP contribution in [0.25, 0.3) is 0 Å². The number of amides is 1. The zero-order valence-electron chi connectivity index (χ0n) is 12.8. The van der Waals surface area contributed by atoms with E-state index in [1.54, 1.807) is 0 Å². The molecule has 0 bridgehead atoms. The molecule has 2 atom stereocenters. The lowest BCUT2D eigenvalue weighted by Gasteiger charge is -2.16. The third kappa shape index (κ3) is 4.46. The molecule has 0 aliphatic heterocycles. The van der Waals surface area contributed by atoms with Crippen molar-refractivity contribution in [2.75, 3.05) is 13.2 Å². The van der Waals surface area contributed by atoms with E-state index in [-0.39, 0.29) is 24.5 Å². The Bertz CT molecular complexity index is 473. The van der Waals surface area contributed by atoms with Crippen molar-refractivity contribution in [1.82, 2.24) is 5.32 Å². The number of aliphatic hydroxyl groups excluding tert-OH is 1. The molecule has 1 aromatic rings. The highest BCUT2D eigenvalue weighted by molar-refractivity contribution is 5.77. The number of nitrogens with one attached hydrogen (secondary N) is 1. The number of carbonyl (C=O) groups excluding carboxylic acids is 1. The van der Waals surface area contributed by atoms with E-state index in [1.165, 1.54) is 0 Å². The number of benzene rings is 1. The Morgan fingerprint density at radius 3 is 2.81 bits per heavy atom. The molecule has 1 saturated carbocycles. The van der Waals surface area contributed by atoms with Gasteiger partial charge in [0.2, 0.25) is 0 Å². The third-order valence-corrected chi connectivity index (χ3v) is 4.08. The maximum absolute atomic E-state index is 11.8.